The number of carboxylic acids is 1. The van der Waals surface area contributed by atoms with Crippen molar-refractivity contribution in [3.05, 3.63) is 78.1 Å². The van der Waals surface area contributed by atoms with Crippen LogP contribution in [0, 0.1) is 11.8 Å². The van der Waals surface area contributed by atoms with Crippen LogP contribution in [0.15, 0.2) is 66.9 Å². The van der Waals surface area contributed by atoms with Gasteiger partial charge in [0.1, 0.15) is 0 Å². The minimum absolute atomic E-state index is 0.123. The molecule has 2 aromatic carbocycles. The Morgan fingerprint density at radius 1 is 0.969 bits per heavy atom. The SMILES string of the molecule is O=C(O)c1ccn(C(=O)N2C[C@H]3C[C@H](OCc4cccc(-c5ccccc5)c4)C[C@H]3C2)n1. The number of carboxylic acid groups (broad SMARTS) is 1. The summed E-state index contributed by atoms with van der Waals surface area (Å²) in [5.74, 6) is -0.313. The monoisotopic (exact) mass is 431 g/mol. The van der Waals surface area contributed by atoms with Gasteiger partial charge in [-0.3, -0.25) is 0 Å². The molecule has 3 aromatic rings. The summed E-state index contributed by atoms with van der Waals surface area (Å²) >= 11 is 0. The molecule has 2 aliphatic rings. The molecule has 3 atom stereocenters. The maximum Gasteiger partial charge on any atom is 0.356 e. The van der Waals surface area contributed by atoms with Crippen LogP contribution >= 0.6 is 0 Å². The zero-order valence-corrected chi connectivity index (χ0v) is 17.6. The Labute approximate surface area is 186 Å². The van der Waals surface area contributed by atoms with E-state index >= 15 is 0 Å². The van der Waals surface area contributed by atoms with Gasteiger partial charge in [0.15, 0.2) is 5.69 Å². The number of carbonyl (C=O) groups is 2. The van der Waals surface area contributed by atoms with E-state index in [0.717, 1.165) is 23.1 Å². The minimum Gasteiger partial charge on any atom is -0.476 e. The van der Waals surface area contributed by atoms with Gasteiger partial charge in [0.25, 0.3) is 0 Å². The third kappa shape index (κ3) is 4.16. The van der Waals surface area contributed by atoms with Gasteiger partial charge < -0.3 is 14.7 Å². The van der Waals surface area contributed by atoms with Gasteiger partial charge >= 0.3 is 12.0 Å². The molecule has 1 amide bonds. The van der Waals surface area contributed by atoms with E-state index in [1.165, 1.54) is 23.4 Å². The average Bonchev–Trinajstić information content (AvgIpc) is 3.53. The molecule has 0 bridgehead atoms. The van der Waals surface area contributed by atoms with Crippen molar-refractivity contribution in [3.63, 3.8) is 0 Å². The number of fused-ring (bicyclic) bond motifs is 1. The fourth-order valence-corrected chi connectivity index (χ4v) is 4.91. The van der Waals surface area contributed by atoms with Gasteiger partial charge in [0.05, 0.1) is 12.7 Å². The Kier molecular flexibility index (Phi) is 5.49. The lowest BCUT2D eigenvalue weighted by Gasteiger charge is -2.19. The first kappa shape index (κ1) is 20.5. The summed E-state index contributed by atoms with van der Waals surface area (Å²) < 4.78 is 7.36. The first-order valence-corrected chi connectivity index (χ1v) is 10.9. The van der Waals surface area contributed by atoms with Crippen molar-refractivity contribution in [1.29, 1.82) is 0 Å². The van der Waals surface area contributed by atoms with Gasteiger partial charge in [-0.1, -0.05) is 48.5 Å². The molecule has 1 aromatic heterocycles. The molecule has 0 unspecified atom stereocenters. The maximum atomic E-state index is 12.7. The van der Waals surface area contributed by atoms with Crippen molar-refractivity contribution in [2.45, 2.75) is 25.6 Å². The number of amides is 1. The number of hydrogen-bond donors (Lipinski definition) is 1. The highest BCUT2D eigenvalue weighted by atomic mass is 16.5. The van der Waals surface area contributed by atoms with Gasteiger partial charge in [-0.15, -0.1) is 0 Å². The molecule has 1 saturated heterocycles. The summed E-state index contributed by atoms with van der Waals surface area (Å²) in [7, 11) is 0. The van der Waals surface area contributed by atoms with Crippen LogP contribution in [0.25, 0.3) is 11.1 Å². The number of likely N-dealkylation sites (tertiary alicyclic amines) is 1. The first-order valence-electron chi connectivity index (χ1n) is 10.9. The summed E-state index contributed by atoms with van der Waals surface area (Å²) in [4.78, 5) is 25.4. The molecule has 7 nitrogen and oxygen atoms in total. The van der Waals surface area contributed by atoms with Gasteiger partial charge in [-0.25, -0.2) is 9.59 Å². The smallest absolute Gasteiger partial charge is 0.356 e. The molecule has 1 saturated carbocycles. The van der Waals surface area contributed by atoms with E-state index in [0.29, 0.717) is 31.5 Å². The number of nitrogens with zero attached hydrogens (tertiary/aromatic N) is 3. The van der Waals surface area contributed by atoms with Gasteiger partial charge in [-0.2, -0.15) is 9.78 Å². The summed E-state index contributed by atoms with van der Waals surface area (Å²) in [6.07, 6.45) is 3.49. The first-order chi connectivity index (χ1) is 15.6. The lowest BCUT2D eigenvalue weighted by Crippen LogP contribution is -2.34. The van der Waals surface area contributed by atoms with Crippen molar-refractivity contribution >= 4 is 12.0 Å². The summed E-state index contributed by atoms with van der Waals surface area (Å²) in [5.41, 5.74) is 3.42. The molecular weight excluding hydrogens is 406 g/mol. The summed E-state index contributed by atoms with van der Waals surface area (Å²) in [6.45, 7) is 1.91. The number of rotatable bonds is 5. The van der Waals surface area contributed by atoms with E-state index in [4.69, 9.17) is 9.84 Å². The Hall–Kier alpha value is -3.45. The predicted octanol–water partition coefficient (Wildman–Crippen LogP) is 4.14. The highest BCUT2D eigenvalue weighted by Gasteiger charge is 2.43. The minimum atomic E-state index is -1.14. The van der Waals surface area contributed by atoms with Crippen LogP contribution in [0.3, 0.4) is 0 Å². The Morgan fingerprint density at radius 3 is 2.38 bits per heavy atom. The molecule has 164 valence electrons. The second-order valence-corrected chi connectivity index (χ2v) is 8.63. The van der Waals surface area contributed by atoms with Crippen molar-refractivity contribution in [1.82, 2.24) is 14.7 Å². The molecular formula is C25H25N3O4. The van der Waals surface area contributed by atoms with E-state index in [1.54, 1.807) is 4.90 Å². The van der Waals surface area contributed by atoms with Crippen molar-refractivity contribution in [2.24, 2.45) is 11.8 Å². The molecule has 1 aliphatic carbocycles. The van der Waals surface area contributed by atoms with Crippen molar-refractivity contribution < 1.29 is 19.4 Å². The van der Waals surface area contributed by atoms with Gasteiger partial charge in [0.2, 0.25) is 0 Å². The third-order valence-corrected chi connectivity index (χ3v) is 6.50. The number of hydrogen-bond acceptors (Lipinski definition) is 4. The second-order valence-electron chi connectivity index (χ2n) is 8.63. The van der Waals surface area contributed by atoms with E-state index in [9.17, 15) is 9.59 Å². The van der Waals surface area contributed by atoms with E-state index in [-0.39, 0.29) is 17.8 Å². The lowest BCUT2D eigenvalue weighted by molar-refractivity contribution is 0.0383. The van der Waals surface area contributed by atoms with E-state index in [1.807, 2.05) is 18.2 Å². The molecule has 0 spiro atoms. The van der Waals surface area contributed by atoms with Gasteiger partial charge in [0, 0.05) is 19.3 Å². The summed E-state index contributed by atoms with van der Waals surface area (Å²) in [6, 6.07) is 19.9. The number of aromatic carboxylic acids is 1. The predicted molar refractivity (Wildman–Crippen MR) is 118 cm³/mol. The Morgan fingerprint density at radius 2 is 1.69 bits per heavy atom. The largest absolute Gasteiger partial charge is 0.476 e. The number of aromatic nitrogens is 2. The molecule has 1 aliphatic heterocycles. The van der Waals surface area contributed by atoms with Crippen molar-refractivity contribution in [3.8, 4) is 11.1 Å². The number of carbonyl (C=O) groups excluding carboxylic acids is 1. The van der Waals surface area contributed by atoms with Crippen LogP contribution in [-0.2, 0) is 11.3 Å². The highest BCUT2D eigenvalue weighted by molar-refractivity contribution is 5.86. The fourth-order valence-electron chi connectivity index (χ4n) is 4.91. The fraction of sp³-hybridized carbons (Fsp3) is 0.320. The second kappa shape index (κ2) is 8.59. The van der Waals surface area contributed by atoms with Crippen LogP contribution in [-0.4, -0.2) is 51.0 Å². The molecule has 0 radical (unpaired) electrons. The van der Waals surface area contributed by atoms with Crippen LogP contribution < -0.4 is 0 Å². The molecule has 1 N–H and O–H groups in total. The maximum absolute atomic E-state index is 12.7. The Balaban J connectivity index is 1.14. The van der Waals surface area contributed by atoms with E-state index in [2.05, 4.69) is 41.5 Å². The normalized spacial score (nSPS) is 22.1. The highest BCUT2D eigenvalue weighted by Crippen LogP contribution is 2.40. The lowest BCUT2D eigenvalue weighted by atomic mass is 10.0. The van der Waals surface area contributed by atoms with Crippen LogP contribution in [0.2, 0.25) is 0 Å². The number of ether oxygens (including phenoxy) is 1. The zero-order chi connectivity index (χ0) is 22.1. The summed E-state index contributed by atoms with van der Waals surface area (Å²) in [5, 5.41) is 12.9. The molecule has 32 heavy (non-hydrogen) atoms. The average molecular weight is 431 g/mol. The quantitative estimate of drug-likeness (QED) is 0.656. The number of benzene rings is 2. The van der Waals surface area contributed by atoms with Crippen LogP contribution in [0.1, 0.15) is 28.9 Å². The molecule has 7 heteroatoms. The van der Waals surface area contributed by atoms with Gasteiger partial charge in [-0.05, 0) is 53.5 Å². The topological polar surface area (TPSA) is 84.7 Å². The molecule has 2 heterocycles. The van der Waals surface area contributed by atoms with Crippen molar-refractivity contribution in [2.75, 3.05) is 13.1 Å². The molecule has 5 rings (SSSR count). The van der Waals surface area contributed by atoms with Crippen LogP contribution in [0.4, 0.5) is 4.79 Å². The molecule has 2 fully saturated rings. The standard InChI is InChI=1S/C25H25N3O4/c29-24(30)23-9-10-28(26-23)25(31)27-14-20-12-22(13-21(20)15-27)32-16-17-5-4-8-19(11-17)18-6-2-1-3-7-18/h1-11,20-22H,12-16H2,(H,29,30)/t20-,21+,22+. The van der Waals surface area contributed by atoms with E-state index < -0.39 is 5.97 Å². The Bertz CT molecular complexity index is 1110. The third-order valence-electron chi connectivity index (χ3n) is 6.50. The van der Waals surface area contributed by atoms with Crippen LogP contribution in [0.5, 0.6) is 0 Å². The zero-order valence-electron chi connectivity index (χ0n) is 17.6.